The number of hydrogen-bond acceptors (Lipinski definition) is 3. The molecule has 22 heavy (non-hydrogen) atoms. The van der Waals surface area contributed by atoms with E-state index >= 15 is 0 Å². The first kappa shape index (κ1) is 14.5. The fraction of sp³-hybridized carbons (Fsp3) is 0.294. The lowest BCUT2D eigenvalue weighted by molar-refractivity contribution is 0.0724. The fourth-order valence-corrected chi connectivity index (χ4v) is 2.92. The van der Waals surface area contributed by atoms with Crippen molar-refractivity contribution in [1.82, 2.24) is 9.88 Å². The Hall–Kier alpha value is -2.43. The monoisotopic (exact) mass is 300 g/mol. The molecule has 1 aromatic heterocycles. The molecule has 0 spiro atoms. The smallest absolute Gasteiger partial charge is 0.261 e. The highest BCUT2D eigenvalue weighted by atomic mass is 19.1. The van der Waals surface area contributed by atoms with Crippen molar-refractivity contribution in [2.75, 3.05) is 13.7 Å². The molecule has 0 unspecified atom stereocenters. The number of benzene rings is 1. The van der Waals surface area contributed by atoms with E-state index in [9.17, 15) is 9.18 Å². The summed E-state index contributed by atoms with van der Waals surface area (Å²) in [5.41, 5.74) is 0.830. The third-order valence-electron chi connectivity index (χ3n) is 3.95. The molecule has 1 aromatic carbocycles. The molecule has 1 saturated heterocycles. The lowest BCUT2D eigenvalue weighted by atomic mass is 10.1. The van der Waals surface area contributed by atoms with Gasteiger partial charge in [0.05, 0.1) is 18.8 Å². The Morgan fingerprint density at radius 2 is 2.18 bits per heavy atom. The normalized spacial score (nSPS) is 17.5. The summed E-state index contributed by atoms with van der Waals surface area (Å²) >= 11 is 0. The molecule has 5 heteroatoms. The van der Waals surface area contributed by atoms with Crippen molar-refractivity contribution in [3.05, 3.63) is 59.7 Å². The maximum absolute atomic E-state index is 14.1. The van der Waals surface area contributed by atoms with Gasteiger partial charge in [-0.1, -0.05) is 12.1 Å². The molecule has 1 aliphatic rings. The minimum atomic E-state index is -0.559. The van der Waals surface area contributed by atoms with E-state index in [0.29, 0.717) is 6.54 Å². The second kappa shape index (κ2) is 6.13. The van der Waals surface area contributed by atoms with E-state index in [-0.39, 0.29) is 23.3 Å². The molecule has 0 aliphatic carbocycles. The summed E-state index contributed by atoms with van der Waals surface area (Å²) in [6, 6.07) is 9.93. The summed E-state index contributed by atoms with van der Waals surface area (Å²) in [7, 11) is 1.44. The van der Waals surface area contributed by atoms with Gasteiger partial charge in [-0.2, -0.15) is 0 Å². The highest BCUT2D eigenvalue weighted by Gasteiger charge is 2.33. The molecule has 1 fully saturated rings. The number of halogens is 1. The number of ether oxygens (including phenoxy) is 1. The van der Waals surface area contributed by atoms with Crippen LogP contribution in [-0.4, -0.2) is 29.4 Å². The molecule has 0 radical (unpaired) electrons. The van der Waals surface area contributed by atoms with Crippen LogP contribution in [0.25, 0.3) is 0 Å². The van der Waals surface area contributed by atoms with Crippen LogP contribution in [0.5, 0.6) is 5.75 Å². The Morgan fingerprint density at radius 1 is 1.32 bits per heavy atom. The van der Waals surface area contributed by atoms with Crippen LogP contribution in [0, 0.1) is 5.82 Å². The molecule has 3 rings (SSSR count). The highest BCUT2D eigenvalue weighted by molar-refractivity contribution is 5.97. The topological polar surface area (TPSA) is 42.4 Å². The maximum atomic E-state index is 14.1. The van der Waals surface area contributed by atoms with Gasteiger partial charge < -0.3 is 9.64 Å². The van der Waals surface area contributed by atoms with E-state index in [1.807, 2.05) is 18.2 Å². The number of carbonyl (C=O) groups is 1. The molecule has 1 amide bonds. The summed E-state index contributed by atoms with van der Waals surface area (Å²) in [6.45, 7) is 0.595. The third kappa shape index (κ3) is 2.54. The number of aromatic nitrogens is 1. The maximum Gasteiger partial charge on any atom is 0.261 e. The molecule has 4 nitrogen and oxygen atoms in total. The second-order valence-corrected chi connectivity index (χ2v) is 5.23. The Labute approximate surface area is 128 Å². The number of likely N-dealkylation sites (tertiary alicyclic amines) is 1. The van der Waals surface area contributed by atoms with E-state index in [2.05, 4.69) is 4.98 Å². The molecule has 1 aliphatic heterocycles. The average molecular weight is 300 g/mol. The number of pyridine rings is 1. The van der Waals surface area contributed by atoms with Crippen molar-refractivity contribution in [3.8, 4) is 5.75 Å². The molecule has 2 aromatic rings. The van der Waals surface area contributed by atoms with Gasteiger partial charge in [0.15, 0.2) is 0 Å². The molecular formula is C17H17FN2O2. The van der Waals surface area contributed by atoms with Crippen LogP contribution in [0.1, 0.15) is 34.9 Å². The van der Waals surface area contributed by atoms with Crippen LogP contribution in [0.4, 0.5) is 4.39 Å². The number of carbonyl (C=O) groups excluding carboxylic acids is 1. The van der Waals surface area contributed by atoms with Crippen molar-refractivity contribution in [1.29, 1.82) is 0 Å². The van der Waals surface area contributed by atoms with E-state index in [0.717, 1.165) is 18.5 Å². The van der Waals surface area contributed by atoms with Gasteiger partial charge in [-0.15, -0.1) is 0 Å². The van der Waals surface area contributed by atoms with Crippen molar-refractivity contribution in [3.63, 3.8) is 0 Å². The number of nitrogens with zero attached hydrogens (tertiary/aromatic N) is 2. The van der Waals surface area contributed by atoms with Gasteiger partial charge in [0.25, 0.3) is 5.91 Å². The molecule has 0 saturated carbocycles. The zero-order valence-electron chi connectivity index (χ0n) is 12.3. The zero-order chi connectivity index (χ0) is 15.5. The van der Waals surface area contributed by atoms with Gasteiger partial charge in [0.2, 0.25) is 0 Å². The lowest BCUT2D eigenvalue weighted by Crippen LogP contribution is -2.32. The number of hydrogen-bond donors (Lipinski definition) is 0. The van der Waals surface area contributed by atoms with Gasteiger partial charge in [-0.05, 0) is 37.1 Å². The highest BCUT2D eigenvalue weighted by Crippen LogP contribution is 2.34. The van der Waals surface area contributed by atoms with Gasteiger partial charge in [0.1, 0.15) is 17.1 Å². The Balaban J connectivity index is 1.95. The van der Waals surface area contributed by atoms with E-state index in [4.69, 9.17) is 4.74 Å². The number of methoxy groups -OCH3 is 1. The first-order valence-electron chi connectivity index (χ1n) is 7.26. The standard InChI is InChI=1S/C17H17FN2O2/c1-22-15-9-4-6-12(18)16(15)17(21)20-11-5-8-14(20)13-7-2-3-10-19-13/h2-4,6-7,9-10,14H,5,8,11H2,1H3/t14-/m0/s1. The zero-order valence-corrected chi connectivity index (χ0v) is 12.3. The van der Waals surface area contributed by atoms with Gasteiger partial charge in [-0.25, -0.2) is 4.39 Å². The summed E-state index contributed by atoms with van der Waals surface area (Å²) < 4.78 is 19.3. The second-order valence-electron chi connectivity index (χ2n) is 5.23. The number of rotatable bonds is 3. The average Bonchev–Trinajstić information content (AvgIpc) is 3.04. The van der Waals surface area contributed by atoms with Gasteiger partial charge in [-0.3, -0.25) is 9.78 Å². The van der Waals surface area contributed by atoms with Crippen molar-refractivity contribution >= 4 is 5.91 Å². The van der Waals surface area contributed by atoms with E-state index < -0.39 is 5.82 Å². The SMILES string of the molecule is COc1cccc(F)c1C(=O)N1CCC[C@H]1c1ccccn1. The van der Waals surface area contributed by atoms with Gasteiger partial charge >= 0.3 is 0 Å². The fourth-order valence-electron chi connectivity index (χ4n) is 2.92. The molecule has 2 heterocycles. The summed E-state index contributed by atoms with van der Waals surface area (Å²) in [6.07, 6.45) is 3.42. The summed E-state index contributed by atoms with van der Waals surface area (Å²) in [4.78, 5) is 18.8. The van der Waals surface area contributed by atoms with Crippen molar-refractivity contribution < 1.29 is 13.9 Å². The first-order chi connectivity index (χ1) is 10.7. The predicted molar refractivity (Wildman–Crippen MR) is 80.2 cm³/mol. The lowest BCUT2D eigenvalue weighted by Gasteiger charge is -2.25. The summed E-state index contributed by atoms with van der Waals surface area (Å²) in [5.74, 6) is -0.643. The summed E-state index contributed by atoms with van der Waals surface area (Å²) in [5, 5.41) is 0. The van der Waals surface area contributed by atoms with Crippen LogP contribution >= 0.6 is 0 Å². The van der Waals surface area contributed by atoms with Crippen LogP contribution < -0.4 is 4.74 Å². The quantitative estimate of drug-likeness (QED) is 0.874. The largest absolute Gasteiger partial charge is 0.496 e. The Bertz CT molecular complexity index is 676. The molecule has 0 bridgehead atoms. The number of amides is 1. The molecule has 1 atom stereocenters. The predicted octanol–water partition coefficient (Wildman–Crippen LogP) is 3.21. The molecule has 0 N–H and O–H groups in total. The van der Waals surface area contributed by atoms with Crippen LogP contribution in [0.3, 0.4) is 0 Å². The van der Waals surface area contributed by atoms with Crippen molar-refractivity contribution in [2.24, 2.45) is 0 Å². The molecule has 114 valence electrons. The van der Waals surface area contributed by atoms with Crippen molar-refractivity contribution in [2.45, 2.75) is 18.9 Å². The van der Waals surface area contributed by atoms with E-state index in [1.165, 1.54) is 19.2 Å². The Morgan fingerprint density at radius 3 is 2.91 bits per heavy atom. The minimum Gasteiger partial charge on any atom is -0.496 e. The minimum absolute atomic E-state index is 0.00664. The third-order valence-corrected chi connectivity index (χ3v) is 3.95. The Kier molecular flexibility index (Phi) is 4.04. The first-order valence-corrected chi connectivity index (χ1v) is 7.26. The van der Waals surface area contributed by atoms with E-state index in [1.54, 1.807) is 17.2 Å². The molecular weight excluding hydrogens is 283 g/mol. The van der Waals surface area contributed by atoms with Crippen LogP contribution in [-0.2, 0) is 0 Å². The van der Waals surface area contributed by atoms with Crippen LogP contribution in [0.15, 0.2) is 42.6 Å². The van der Waals surface area contributed by atoms with Crippen LogP contribution in [0.2, 0.25) is 0 Å². The van der Waals surface area contributed by atoms with Gasteiger partial charge in [0, 0.05) is 12.7 Å².